The van der Waals surface area contributed by atoms with E-state index in [9.17, 15) is 23.3 Å². The van der Waals surface area contributed by atoms with Gasteiger partial charge in [0.25, 0.3) is 5.69 Å². The number of hydrogen-bond donors (Lipinski definition) is 1. The molecule has 0 bridgehead atoms. The first-order chi connectivity index (χ1) is 7.86. The zero-order valence-corrected chi connectivity index (χ0v) is 8.41. The van der Waals surface area contributed by atoms with Crippen molar-refractivity contribution in [1.29, 1.82) is 0 Å². The summed E-state index contributed by atoms with van der Waals surface area (Å²) in [4.78, 5) is 9.70. The van der Waals surface area contributed by atoms with Crippen molar-refractivity contribution in [2.75, 3.05) is 6.54 Å². The van der Waals surface area contributed by atoms with E-state index in [0.717, 1.165) is 12.1 Å². The highest BCUT2D eigenvalue weighted by molar-refractivity contribution is 5.53. The molecule has 0 heterocycles. The molecule has 0 aliphatic heterocycles. The summed E-state index contributed by atoms with van der Waals surface area (Å²) in [5.41, 5.74) is 3.23. The van der Waals surface area contributed by atoms with Crippen molar-refractivity contribution < 1.29 is 18.1 Å². The highest BCUT2D eigenvalue weighted by atomic mass is 19.4. The molecule has 0 aromatic heterocycles. The number of halogens is 3. The van der Waals surface area contributed by atoms with E-state index in [2.05, 4.69) is 11.8 Å². The van der Waals surface area contributed by atoms with E-state index in [1.165, 1.54) is 0 Å². The number of nitro benzene ring substituents is 1. The molecule has 0 amide bonds. The first kappa shape index (κ1) is 13.0. The van der Waals surface area contributed by atoms with E-state index >= 15 is 0 Å². The largest absolute Gasteiger partial charge is 0.416 e. The second kappa shape index (κ2) is 4.84. The minimum Gasteiger partial charge on any atom is -0.320 e. The highest BCUT2D eigenvalue weighted by Gasteiger charge is 2.32. The number of nitrogens with zero attached hydrogens (tertiary/aromatic N) is 1. The molecular formula is C10H7F3N2O2. The highest BCUT2D eigenvalue weighted by Crippen LogP contribution is 2.32. The number of benzene rings is 1. The van der Waals surface area contributed by atoms with E-state index in [0.29, 0.717) is 6.07 Å². The summed E-state index contributed by atoms with van der Waals surface area (Å²) in [6, 6.07) is 2.16. The van der Waals surface area contributed by atoms with Crippen LogP contribution < -0.4 is 5.73 Å². The Kier molecular flexibility index (Phi) is 3.70. The second-order valence-electron chi connectivity index (χ2n) is 2.99. The van der Waals surface area contributed by atoms with Gasteiger partial charge in [-0.15, -0.1) is 0 Å². The summed E-state index contributed by atoms with van der Waals surface area (Å²) < 4.78 is 37.0. The third kappa shape index (κ3) is 3.19. The summed E-state index contributed by atoms with van der Waals surface area (Å²) >= 11 is 0. The molecule has 0 radical (unpaired) electrons. The van der Waals surface area contributed by atoms with Crippen molar-refractivity contribution in [2.24, 2.45) is 5.73 Å². The molecule has 0 unspecified atom stereocenters. The number of nitrogens with two attached hydrogens (primary N) is 1. The van der Waals surface area contributed by atoms with Gasteiger partial charge in [0.1, 0.15) is 5.56 Å². The molecule has 0 saturated carbocycles. The molecule has 0 fully saturated rings. The van der Waals surface area contributed by atoms with Gasteiger partial charge in [0.2, 0.25) is 0 Å². The molecule has 1 aromatic rings. The third-order valence-corrected chi connectivity index (χ3v) is 1.85. The van der Waals surface area contributed by atoms with E-state index in [-0.39, 0.29) is 12.1 Å². The smallest absolute Gasteiger partial charge is 0.320 e. The topological polar surface area (TPSA) is 69.2 Å². The Hall–Kier alpha value is -2.07. The van der Waals surface area contributed by atoms with Gasteiger partial charge in [-0.1, -0.05) is 11.8 Å². The molecule has 1 rings (SSSR count). The van der Waals surface area contributed by atoms with Crippen LogP contribution in [0.5, 0.6) is 0 Å². The fourth-order valence-corrected chi connectivity index (χ4v) is 1.11. The fourth-order valence-electron chi connectivity index (χ4n) is 1.11. The normalized spacial score (nSPS) is 10.6. The number of rotatable bonds is 1. The molecule has 7 heteroatoms. The maximum Gasteiger partial charge on any atom is 0.416 e. The lowest BCUT2D eigenvalue weighted by Gasteiger charge is -2.06. The van der Waals surface area contributed by atoms with Crippen molar-refractivity contribution in [3.63, 3.8) is 0 Å². The van der Waals surface area contributed by atoms with Gasteiger partial charge >= 0.3 is 6.18 Å². The summed E-state index contributed by atoms with van der Waals surface area (Å²) in [5.74, 6) is 4.70. The molecule has 0 spiro atoms. The van der Waals surface area contributed by atoms with Gasteiger partial charge in [-0.05, 0) is 12.1 Å². The quantitative estimate of drug-likeness (QED) is 0.466. The number of alkyl halides is 3. The Balaban J connectivity index is 3.32. The lowest BCUT2D eigenvalue weighted by atomic mass is 10.1. The Morgan fingerprint density at radius 3 is 2.53 bits per heavy atom. The van der Waals surface area contributed by atoms with Crippen molar-refractivity contribution in [3.8, 4) is 11.8 Å². The maximum absolute atomic E-state index is 12.3. The molecule has 0 atom stereocenters. The molecular weight excluding hydrogens is 237 g/mol. The zero-order chi connectivity index (χ0) is 13.1. The van der Waals surface area contributed by atoms with Crippen LogP contribution in [0, 0.1) is 22.0 Å². The minimum absolute atomic E-state index is 0.0296. The van der Waals surface area contributed by atoms with Gasteiger partial charge in [0, 0.05) is 6.07 Å². The molecule has 1 aromatic carbocycles. The van der Waals surface area contributed by atoms with Gasteiger partial charge in [-0.2, -0.15) is 13.2 Å². The minimum atomic E-state index is -4.62. The van der Waals surface area contributed by atoms with Crippen LogP contribution >= 0.6 is 0 Å². The average molecular weight is 244 g/mol. The summed E-state index contributed by atoms with van der Waals surface area (Å²) in [6.45, 7) is -0.0296. The summed E-state index contributed by atoms with van der Waals surface area (Å²) in [6.07, 6.45) is -4.62. The van der Waals surface area contributed by atoms with Crippen LogP contribution in [0.1, 0.15) is 11.1 Å². The lowest BCUT2D eigenvalue weighted by Crippen LogP contribution is -2.06. The molecule has 0 aliphatic carbocycles. The molecule has 90 valence electrons. The average Bonchev–Trinajstić information content (AvgIpc) is 2.24. The van der Waals surface area contributed by atoms with Crippen LogP contribution in [0.25, 0.3) is 0 Å². The monoisotopic (exact) mass is 244 g/mol. The Labute approximate surface area is 94.4 Å². The number of nitro groups is 1. The molecule has 2 N–H and O–H groups in total. The predicted molar refractivity (Wildman–Crippen MR) is 54.0 cm³/mol. The van der Waals surface area contributed by atoms with Gasteiger partial charge in [-0.25, -0.2) is 0 Å². The first-order valence-corrected chi connectivity index (χ1v) is 4.41. The van der Waals surface area contributed by atoms with Gasteiger partial charge in [0.15, 0.2) is 0 Å². The Bertz CT molecular complexity index is 500. The van der Waals surface area contributed by atoms with Crippen molar-refractivity contribution in [1.82, 2.24) is 0 Å². The Morgan fingerprint density at radius 1 is 1.41 bits per heavy atom. The van der Waals surface area contributed by atoms with E-state index in [1.54, 1.807) is 0 Å². The predicted octanol–water partition coefficient (Wildman–Crippen LogP) is 1.92. The van der Waals surface area contributed by atoms with Crippen molar-refractivity contribution >= 4 is 5.69 Å². The van der Waals surface area contributed by atoms with Crippen LogP contribution in [-0.4, -0.2) is 11.5 Å². The summed E-state index contributed by atoms with van der Waals surface area (Å²) in [7, 11) is 0. The molecule has 4 nitrogen and oxygen atoms in total. The molecule has 17 heavy (non-hydrogen) atoms. The first-order valence-electron chi connectivity index (χ1n) is 4.41. The van der Waals surface area contributed by atoms with Crippen LogP contribution in [-0.2, 0) is 6.18 Å². The fraction of sp³-hybridized carbons (Fsp3) is 0.200. The van der Waals surface area contributed by atoms with Crippen LogP contribution in [0.15, 0.2) is 18.2 Å². The van der Waals surface area contributed by atoms with Crippen LogP contribution in [0.2, 0.25) is 0 Å². The standard InChI is InChI=1S/C10H7F3N2O2/c11-10(12,13)8-4-3-7(2-1-5-14)9(6-8)15(16)17/h3-4,6H,5,14H2. The molecule has 0 saturated heterocycles. The number of hydrogen-bond acceptors (Lipinski definition) is 3. The summed E-state index contributed by atoms with van der Waals surface area (Å²) in [5, 5.41) is 10.6. The van der Waals surface area contributed by atoms with Gasteiger partial charge < -0.3 is 5.73 Å². The zero-order valence-electron chi connectivity index (χ0n) is 8.41. The van der Waals surface area contributed by atoms with Crippen molar-refractivity contribution in [2.45, 2.75) is 6.18 Å². The van der Waals surface area contributed by atoms with Gasteiger partial charge in [-0.3, -0.25) is 10.1 Å². The molecule has 0 aliphatic rings. The third-order valence-electron chi connectivity index (χ3n) is 1.85. The van der Waals surface area contributed by atoms with Crippen molar-refractivity contribution in [3.05, 3.63) is 39.4 Å². The van der Waals surface area contributed by atoms with Crippen LogP contribution in [0.3, 0.4) is 0 Å². The second-order valence-corrected chi connectivity index (χ2v) is 2.99. The van der Waals surface area contributed by atoms with E-state index in [1.807, 2.05) is 0 Å². The Morgan fingerprint density at radius 2 is 2.06 bits per heavy atom. The maximum atomic E-state index is 12.3. The SMILES string of the molecule is NCC#Cc1ccc(C(F)(F)F)cc1[N+](=O)[O-]. The van der Waals surface area contributed by atoms with Gasteiger partial charge in [0.05, 0.1) is 17.0 Å². The van der Waals surface area contributed by atoms with E-state index in [4.69, 9.17) is 5.73 Å². The van der Waals surface area contributed by atoms with Crippen LogP contribution in [0.4, 0.5) is 18.9 Å². The van der Waals surface area contributed by atoms with E-state index < -0.39 is 22.4 Å². The lowest BCUT2D eigenvalue weighted by molar-refractivity contribution is -0.385.